The van der Waals surface area contributed by atoms with Crippen molar-refractivity contribution in [3.05, 3.63) is 0 Å². The first-order valence-electron chi connectivity index (χ1n) is 5.13. The second-order valence-electron chi connectivity index (χ2n) is 4.86. The number of fused-ring (bicyclic) bond motifs is 1. The Kier molecular flexibility index (Phi) is 2.24. The van der Waals surface area contributed by atoms with E-state index < -0.39 is 24.0 Å². The minimum atomic E-state index is -4.24. The highest BCUT2D eigenvalue weighted by molar-refractivity contribution is 5.75. The van der Waals surface area contributed by atoms with E-state index in [-0.39, 0.29) is 6.42 Å². The highest BCUT2D eigenvalue weighted by Gasteiger charge is 2.57. The number of carboxylic acids is 1. The van der Waals surface area contributed by atoms with Crippen LogP contribution in [0.4, 0.5) is 13.2 Å². The Morgan fingerprint density at radius 2 is 1.87 bits per heavy atom. The van der Waals surface area contributed by atoms with Crippen LogP contribution in [0.1, 0.15) is 32.1 Å². The van der Waals surface area contributed by atoms with Crippen LogP contribution in [0.15, 0.2) is 0 Å². The molecule has 2 atom stereocenters. The molecular formula is C10H13F3O2. The van der Waals surface area contributed by atoms with Crippen LogP contribution in [0.25, 0.3) is 0 Å². The number of hydrogen-bond acceptors (Lipinski definition) is 1. The summed E-state index contributed by atoms with van der Waals surface area (Å²) in [5.41, 5.74) is -1.08. The molecule has 2 fully saturated rings. The van der Waals surface area contributed by atoms with E-state index in [9.17, 15) is 18.0 Å². The van der Waals surface area contributed by atoms with Gasteiger partial charge >= 0.3 is 12.1 Å². The molecule has 0 bridgehead atoms. The molecule has 2 aliphatic rings. The van der Waals surface area contributed by atoms with Gasteiger partial charge in [-0.05, 0) is 37.5 Å². The maximum atomic E-state index is 12.1. The Balaban J connectivity index is 1.98. The maximum absolute atomic E-state index is 12.1. The van der Waals surface area contributed by atoms with Crippen molar-refractivity contribution in [1.82, 2.24) is 0 Å². The van der Waals surface area contributed by atoms with Gasteiger partial charge in [-0.25, -0.2) is 0 Å². The lowest BCUT2D eigenvalue weighted by Crippen LogP contribution is -2.31. The van der Waals surface area contributed by atoms with Crippen LogP contribution in [-0.4, -0.2) is 17.3 Å². The van der Waals surface area contributed by atoms with Crippen molar-refractivity contribution in [2.24, 2.45) is 17.3 Å². The van der Waals surface area contributed by atoms with E-state index in [1.165, 1.54) is 0 Å². The summed E-state index contributed by atoms with van der Waals surface area (Å²) in [6, 6.07) is 0. The Morgan fingerprint density at radius 1 is 1.33 bits per heavy atom. The second kappa shape index (κ2) is 3.12. The molecule has 0 spiro atoms. The van der Waals surface area contributed by atoms with Crippen molar-refractivity contribution in [3.63, 3.8) is 0 Å². The predicted molar refractivity (Wildman–Crippen MR) is 46.2 cm³/mol. The summed E-state index contributed by atoms with van der Waals surface area (Å²) < 4.78 is 36.2. The molecular weight excluding hydrogens is 209 g/mol. The first-order chi connectivity index (χ1) is 6.82. The third-order valence-electron chi connectivity index (χ3n) is 3.72. The van der Waals surface area contributed by atoms with E-state index >= 15 is 0 Å². The summed E-state index contributed by atoms with van der Waals surface area (Å²) in [5.74, 6) is -0.275. The lowest BCUT2D eigenvalue weighted by molar-refractivity contribution is -0.158. The standard InChI is InChI=1S/C10H13F3O2/c11-10(12,13)2-1-9(8(14)15)4-6-3-7(6)5-9/h6-7H,1-5H2,(H,14,15). The van der Waals surface area contributed by atoms with Crippen LogP contribution in [0, 0.1) is 17.3 Å². The van der Waals surface area contributed by atoms with Gasteiger partial charge in [-0.3, -0.25) is 4.79 Å². The van der Waals surface area contributed by atoms with Gasteiger partial charge in [-0.1, -0.05) is 0 Å². The smallest absolute Gasteiger partial charge is 0.389 e. The van der Waals surface area contributed by atoms with E-state index in [1.807, 2.05) is 0 Å². The molecule has 0 aromatic carbocycles. The molecule has 1 N–H and O–H groups in total. The van der Waals surface area contributed by atoms with Gasteiger partial charge in [0.25, 0.3) is 0 Å². The van der Waals surface area contributed by atoms with Gasteiger partial charge in [-0.15, -0.1) is 0 Å². The number of carboxylic acid groups (broad SMARTS) is 1. The van der Waals surface area contributed by atoms with Gasteiger partial charge in [0.1, 0.15) is 0 Å². The highest BCUT2D eigenvalue weighted by Crippen LogP contribution is 2.61. The molecule has 2 nitrogen and oxygen atoms in total. The Bertz CT molecular complexity index is 275. The average molecular weight is 222 g/mol. The molecule has 2 aliphatic carbocycles. The number of hydrogen-bond donors (Lipinski definition) is 1. The van der Waals surface area contributed by atoms with Crippen LogP contribution in [0.5, 0.6) is 0 Å². The second-order valence-corrected chi connectivity index (χ2v) is 4.86. The van der Waals surface area contributed by atoms with Crippen LogP contribution in [0.3, 0.4) is 0 Å². The molecule has 0 aliphatic heterocycles. The van der Waals surface area contributed by atoms with Crippen molar-refractivity contribution in [2.45, 2.75) is 38.3 Å². The lowest BCUT2D eigenvalue weighted by atomic mass is 9.79. The fourth-order valence-electron chi connectivity index (χ4n) is 2.76. The van der Waals surface area contributed by atoms with Crippen molar-refractivity contribution < 1.29 is 23.1 Å². The third kappa shape index (κ3) is 2.11. The topological polar surface area (TPSA) is 37.3 Å². The Morgan fingerprint density at radius 3 is 2.27 bits per heavy atom. The summed E-state index contributed by atoms with van der Waals surface area (Å²) in [7, 11) is 0. The van der Waals surface area contributed by atoms with Crippen LogP contribution >= 0.6 is 0 Å². The number of aliphatic carboxylic acids is 1. The monoisotopic (exact) mass is 222 g/mol. The van der Waals surface area contributed by atoms with Crippen molar-refractivity contribution in [2.75, 3.05) is 0 Å². The van der Waals surface area contributed by atoms with E-state index in [1.54, 1.807) is 0 Å². The fourth-order valence-corrected chi connectivity index (χ4v) is 2.76. The average Bonchev–Trinajstić information content (AvgIpc) is 2.70. The minimum absolute atomic E-state index is 0.251. The Labute approximate surface area is 85.5 Å². The van der Waals surface area contributed by atoms with Crippen molar-refractivity contribution in [3.8, 4) is 0 Å². The molecule has 2 unspecified atom stereocenters. The van der Waals surface area contributed by atoms with Gasteiger partial charge in [0, 0.05) is 6.42 Å². The first kappa shape index (κ1) is 10.8. The van der Waals surface area contributed by atoms with E-state index in [0.29, 0.717) is 24.7 Å². The number of rotatable bonds is 3. The molecule has 15 heavy (non-hydrogen) atoms. The summed E-state index contributed by atoms with van der Waals surface area (Å²) in [5, 5.41) is 9.03. The molecule has 0 radical (unpaired) electrons. The van der Waals surface area contributed by atoms with Gasteiger partial charge in [-0.2, -0.15) is 13.2 Å². The predicted octanol–water partition coefficient (Wildman–Crippen LogP) is 2.83. The normalized spacial score (nSPS) is 38.9. The van der Waals surface area contributed by atoms with Crippen molar-refractivity contribution in [1.29, 1.82) is 0 Å². The van der Waals surface area contributed by atoms with Crippen LogP contribution < -0.4 is 0 Å². The van der Waals surface area contributed by atoms with Crippen molar-refractivity contribution >= 4 is 5.97 Å². The molecule has 0 amide bonds. The minimum Gasteiger partial charge on any atom is -0.481 e. The molecule has 0 saturated heterocycles. The van der Waals surface area contributed by atoms with Gasteiger partial charge in [0.05, 0.1) is 5.41 Å². The van der Waals surface area contributed by atoms with E-state index in [0.717, 1.165) is 6.42 Å². The zero-order chi connectivity index (χ0) is 11.3. The molecule has 2 saturated carbocycles. The van der Waals surface area contributed by atoms with E-state index in [4.69, 9.17) is 5.11 Å². The van der Waals surface area contributed by atoms with Gasteiger partial charge in [0.15, 0.2) is 0 Å². The molecule has 0 heterocycles. The summed E-state index contributed by atoms with van der Waals surface area (Å²) in [6.45, 7) is 0. The van der Waals surface area contributed by atoms with Crippen LogP contribution in [0.2, 0.25) is 0 Å². The lowest BCUT2D eigenvalue weighted by Gasteiger charge is -2.26. The largest absolute Gasteiger partial charge is 0.481 e. The summed E-state index contributed by atoms with van der Waals surface area (Å²) in [4.78, 5) is 11.0. The molecule has 0 aromatic heterocycles. The quantitative estimate of drug-likeness (QED) is 0.797. The highest BCUT2D eigenvalue weighted by atomic mass is 19.4. The number of carbonyl (C=O) groups is 1. The summed E-state index contributed by atoms with van der Waals surface area (Å²) in [6.07, 6.45) is -3.56. The molecule has 5 heteroatoms. The van der Waals surface area contributed by atoms with E-state index in [2.05, 4.69) is 0 Å². The zero-order valence-electron chi connectivity index (χ0n) is 8.18. The maximum Gasteiger partial charge on any atom is 0.389 e. The zero-order valence-corrected chi connectivity index (χ0v) is 8.18. The molecule has 0 aromatic rings. The first-order valence-corrected chi connectivity index (χ1v) is 5.13. The number of halogens is 3. The molecule has 2 rings (SSSR count). The molecule has 86 valence electrons. The Hall–Kier alpha value is -0.740. The SMILES string of the molecule is O=C(O)C1(CCC(F)(F)F)CC2CC2C1. The fraction of sp³-hybridized carbons (Fsp3) is 0.900. The summed E-state index contributed by atoms with van der Waals surface area (Å²) >= 11 is 0. The van der Waals surface area contributed by atoms with Gasteiger partial charge in [0.2, 0.25) is 0 Å². The van der Waals surface area contributed by atoms with Crippen LogP contribution in [-0.2, 0) is 4.79 Å². The number of alkyl halides is 3. The third-order valence-corrected chi connectivity index (χ3v) is 3.72. The van der Waals surface area contributed by atoms with Gasteiger partial charge < -0.3 is 5.11 Å².